The summed E-state index contributed by atoms with van der Waals surface area (Å²) >= 11 is 1.73. The van der Waals surface area contributed by atoms with E-state index in [0.29, 0.717) is 11.7 Å². The zero-order valence-electron chi connectivity index (χ0n) is 9.29. The van der Waals surface area contributed by atoms with Crippen LogP contribution in [-0.4, -0.2) is 30.6 Å². The maximum absolute atomic E-state index is 11.0. The fraction of sp³-hybridized carbons (Fsp3) is 0.900. The van der Waals surface area contributed by atoms with Gasteiger partial charge in [-0.15, -0.1) is 0 Å². The van der Waals surface area contributed by atoms with Gasteiger partial charge in [0.2, 0.25) is 0 Å². The first-order valence-corrected chi connectivity index (χ1v) is 6.18. The number of carbonyl (C=O) groups excluding carboxylic acids is 1. The molecule has 2 N–H and O–H groups in total. The molecule has 14 heavy (non-hydrogen) atoms. The summed E-state index contributed by atoms with van der Waals surface area (Å²) in [6.07, 6.45) is 2.45. The highest BCUT2D eigenvalue weighted by atomic mass is 32.2. The summed E-state index contributed by atoms with van der Waals surface area (Å²) < 4.78 is 4.54. The van der Waals surface area contributed by atoms with Gasteiger partial charge in [-0.2, -0.15) is 11.8 Å². The Labute approximate surface area is 90.8 Å². The van der Waals surface area contributed by atoms with Crippen molar-refractivity contribution in [1.29, 1.82) is 0 Å². The van der Waals surface area contributed by atoms with Gasteiger partial charge in [0.05, 0.1) is 7.11 Å². The molecule has 2 atom stereocenters. The van der Waals surface area contributed by atoms with E-state index in [1.165, 1.54) is 20.0 Å². The van der Waals surface area contributed by atoms with Crippen LogP contribution in [0.15, 0.2) is 0 Å². The van der Waals surface area contributed by atoms with Gasteiger partial charge in [0.25, 0.3) is 0 Å². The first-order valence-electron chi connectivity index (χ1n) is 5.03. The Balaban J connectivity index is 3.48. The summed E-state index contributed by atoms with van der Waals surface area (Å²) in [5, 5.41) is 0. The molecule has 0 aromatic carbocycles. The number of hydrogen-bond donors (Lipinski definition) is 1. The van der Waals surface area contributed by atoms with Crippen molar-refractivity contribution in [2.75, 3.05) is 18.6 Å². The predicted octanol–water partition coefficient (Wildman–Crippen LogP) is 1.66. The molecule has 0 aliphatic heterocycles. The molecule has 0 spiro atoms. The van der Waals surface area contributed by atoms with Crippen molar-refractivity contribution in [2.24, 2.45) is 11.7 Å². The molecule has 0 aliphatic rings. The number of esters is 1. The quantitative estimate of drug-likeness (QED) is 0.662. The molecule has 0 radical (unpaired) electrons. The van der Waals surface area contributed by atoms with Crippen molar-refractivity contribution >= 4 is 17.7 Å². The molecule has 0 bridgehead atoms. The number of hydrogen-bond acceptors (Lipinski definition) is 4. The molecule has 2 unspecified atom stereocenters. The first-order chi connectivity index (χ1) is 6.61. The minimum Gasteiger partial charge on any atom is -0.468 e. The Morgan fingerprint density at radius 3 is 2.64 bits per heavy atom. The molecule has 0 rings (SSSR count). The van der Waals surface area contributed by atoms with Crippen LogP contribution in [0.1, 0.15) is 26.7 Å². The smallest absolute Gasteiger partial charge is 0.323 e. The lowest BCUT2D eigenvalue weighted by Crippen LogP contribution is -2.34. The van der Waals surface area contributed by atoms with E-state index in [2.05, 4.69) is 18.6 Å². The van der Waals surface area contributed by atoms with Crippen LogP contribution >= 0.6 is 11.8 Å². The topological polar surface area (TPSA) is 52.3 Å². The zero-order chi connectivity index (χ0) is 11.0. The van der Waals surface area contributed by atoms with Crippen LogP contribution in [0.4, 0.5) is 0 Å². The van der Waals surface area contributed by atoms with Gasteiger partial charge in [0.15, 0.2) is 0 Å². The SMILES string of the molecule is CCCC(C)CSCC(N)C(=O)OC. The van der Waals surface area contributed by atoms with E-state index in [1.807, 2.05) is 0 Å². The molecule has 0 heterocycles. The molecule has 0 saturated carbocycles. The minimum absolute atomic E-state index is 0.319. The number of methoxy groups -OCH3 is 1. The van der Waals surface area contributed by atoms with E-state index >= 15 is 0 Å². The van der Waals surface area contributed by atoms with Crippen molar-refractivity contribution in [3.8, 4) is 0 Å². The summed E-state index contributed by atoms with van der Waals surface area (Å²) in [5.74, 6) is 2.11. The van der Waals surface area contributed by atoms with Crippen molar-refractivity contribution in [2.45, 2.75) is 32.7 Å². The maximum atomic E-state index is 11.0. The van der Waals surface area contributed by atoms with Gasteiger partial charge in [0.1, 0.15) is 6.04 Å². The van der Waals surface area contributed by atoms with Gasteiger partial charge >= 0.3 is 5.97 Å². The van der Waals surface area contributed by atoms with E-state index in [9.17, 15) is 4.79 Å². The third-order valence-corrected chi connectivity index (χ3v) is 3.38. The van der Waals surface area contributed by atoms with Crippen LogP contribution in [0, 0.1) is 5.92 Å². The minimum atomic E-state index is -0.473. The van der Waals surface area contributed by atoms with E-state index < -0.39 is 6.04 Å². The lowest BCUT2D eigenvalue weighted by molar-refractivity contribution is -0.141. The zero-order valence-corrected chi connectivity index (χ0v) is 10.1. The fourth-order valence-electron chi connectivity index (χ4n) is 1.19. The Morgan fingerprint density at radius 1 is 1.50 bits per heavy atom. The fourth-order valence-corrected chi connectivity index (χ4v) is 2.29. The molecular weight excluding hydrogens is 198 g/mol. The maximum Gasteiger partial charge on any atom is 0.323 e. The lowest BCUT2D eigenvalue weighted by Gasteiger charge is -2.11. The van der Waals surface area contributed by atoms with Crippen LogP contribution in [0.2, 0.25) is 0 Å². The molecule has 0 fully saturated rings. The summed E-state index contributed by atoms with van der Waals surface area (Å²) in [6.45, 7) is 4.40. The second kappa shape index (κ2) is 8.12. The standard InChI is InChI=1S/C10H21NO2S/c1-4-5-8(2)6-14-7-9(11)10(12)13-3/h8-9H,4-7,11H2,1-3H3. The molecule has 3 nitrogen and oxygen atoms in total. The third kappa shape index (κ3) is 6.27. The monoisotopic (exact) mass is 219 g/mol. The van der Waals surface area contributed by atoms with Crippen LogP contribution in [0.3, 0.4) is 0 Å². The van der Waals surface area contributed by atoms with Gasteiger partial charge < -0.3 is 10.5 Å². The van der Waals surface area contributed by atoms with E-state index in [0.717, 1.165) is 5.75 Å². The molecule has 0 aliphatic carbocycles. The highest BCUT2D eigenvalue weighted by Gasteiger charge is 2.13. The second-order valence-corrected chi connectivity index (χ2v) is 4.64. The van der Waals surface area contributed by atoms with Crippen molar-refractivity contribution in [1.82, 2.24) is 0 Å². The average Bonchev–Trinajstić information content (AvgIpc) is 2.16. The number of carbonyl (C=O) groups is 1. The van der Waals surface area contributed by atoms with Gasteiger partial charge in [0, 0.05) is 5.75 Å². The van der Waals surface area contributed by atoms with Crippen LogP contribution in [0.5, 0.6) is 0 Å². The second-order valence-electron chi connectivity index (χ2n) is 3.56. The highest BCUT2D eigenvalue weighted by Crippen LogP contribution is 2.13. The molecule has 84 valence electrons. The molecule has 0 aromatic rings. The van der Waals surface area contributed by atoms with Crippen molar-refractivity contribution in [3.05, 3.63) is 0 Å². The van der Waals surface area contributed by atoms with Gasteiger partial charge in [-0.1, -0.05) is 26.7 Å². The van der Waals surface area contributed by atoms with Crippen LogP contribution in [-0.2, 0) is 9.53 Å². The van der Waals surface area contributed by atoms with Crippen LogP contribution < -0.4 is 5.73 Å². The van der Waals surface area contributed by atoms with Crippen molar-refractivity contribution < 1.29 is 9.53 Å². The molecular formula is C10H21NO2S. The lowest BCUT2D eigenvalue weighted by atomic mass is 10.1. The number of rotatable bonds is 7. The molecule has 0 amide bonds. The summed E-state index contributed by atoms with van der Waals surface area (Å²) in [5.41, 5.74) is 5.59. The van der Waals surface area contributed by atoms with Crippen molar-refractivity contribution in [3.63, 3.8) is 0 Å². The predicted molar refractivity (Wildman–Crippen MR) is 61.4 cm³/mol. The van der Waals surface area contributed by atoms with Crippen LogP contribution in [0.25, 0.3) is 0 Å². The third-order valence-electron chi connectivity index (χ3n) is 1.99. The summed E-state index contributed by atoms with van der Waals surface area (Å²) in [4.78, 5) is 11.0. The molecule has 4 heteroatoms. The molecule has 0 saturated heterocycles. The van der Waals surface area contributed by atoms with Gasteiger partial charge in [-0.25, -0.2) is 0 Å². The van der Waals surface area contributed by atoms with Gasteiger partial charge in [-0.05, 0) is 11.7 Å². The number of thioether (sulfide) groups is 1. The van der Waals surface area contributed by atoms with E-state index in [-0.39, 0.29) is 5.97 Å². The van der Waals surface area contributed by atoms with Gasteiger partial charge in [-0.3, -0.25) is 4.79 Å². The summed E-state index contributed by atoms with van der Waals surface area (Å²) in [7, 11) is 1.37. The Bertz CT molecular complexity index is 164. The summed E-state index contributed by atoms with van der Waals surface area (Å²) in [6, 6.07) is -0.473. The normalized spacial score (nSPS) is 14.9. The Kier molecular flexibility index (Phi) is 7.99. The van der Waals surface area contributed by atoms with E-state index in [1.54, 1.807) is 11.8 Å². The Morgan fingerprint density at radius 2 is 2.14 bits per heavy atom. The number of nitrogens with two attached hydrogens (primary N) is 1. The first kappa shape index (κ1) is 13.8. The van der Waals surface area contributed by atoms with E-state index in [4.69, 9.17) is 5.73 Å². The largest absolute Gasteiger partial charge is 0.468 e. The highest BCUT2D eigenvalue weighted by molar-refractivity contribution is 7.99. The molecule has 0 aromatic heterocycles. The average molecular weight is 219 g/mol. The number of ether oxygens (including phenoxy) is 1. The Hall–Kier alpha value is -0.220.